The van der Waals surface area contributed by atoms with E-state index in [9.17, 15) is 17.6 Å². The Morgan fingerprint density at radius 1 is 1.41 bits per heavy atom. The minimum Gasteiger partial charge on any atom is -0.481 e. The fraction of sp³-hybridized carbons (Fsp3) is 0.300. The first-order valence-corrected chi connectivity index (χ1v) is 6.87. The first-order valence-electron chi connectivity index (χ1n) is 4.67. The molecule has 94 valence electrons. The zero-order valence-electron chi connectivity index (χ0n) is 8.69. The van der Waals surface area contributed by atoms with E-state index < -0.39 is 39.6 Å². The van der Waals surface area contributed by atoms with Crippen molar-refractivity contribution in [2.75, 3.05) is 5.75 Å². The molecule has 0 unspecified atom stereocenters. The number of aliphatic carboxylic acids is 1. The highest BCUT2D eigenvalue weighted by atomic mass is 35.5. The van der Waals surface area contributed by atoms with Crippen LogP contribution in [0.25, 0.3) is 0 Å². The summed E-state index contributed by atoms with van der Waals surface area (Å²) in [6.07, 6.45) is -0.506. The zero-order chi connectivity index (χ0) is 13.1. The van der Waals surface area contributed by atoms with Crippen molar-refractivity contribution >= 4 is 27.4 Å². The van der Waals surface area contributed by atoms with Gasteiger partial charge in [0.25, 0.3) is 0 Å². The molecule has 1 aromatic carbocycles. The Balaban J connectivity index is 2.87. The highest BCUT2D eigenvalue weighted by Crippen LogP contribution is 2.21. The van der Waals surface area contributed by atoms with E-state index in [2.05, 4.69) is 0 Å². The van der Waals surface area contributed by atoms with E-state index in [-0.39, 0.29) is 10.6 Å². The van der Waals surface area contributed by atoms with Crippen molar-refractivity contribution < 1.29 is 22.7 Å². The number of sulfone groups is 1. The number of hydrogen-bond donors (Lipinski definition) is 1. The molecule has 0 saturated carbocycles. The lowest BCUT2D eigenvalue weighted by Gasteiger charge is -2.06. The van der Waals surface area contributed by atoms with Crippen LogP contribution in [0, 0.1) is 5.82 Å². The standard InChI is InChI=1S/C10H10ClFO4S/c11-8-2-1-3-9(12)7(8)6-17(15,16)5-4-10(13)14/h1-3H,4-6H2,(H,13,14). The minimum absolute atomic E-state index is 0.0175. The maximum absolute atomic E-state index is 13.3. The van der Waals surface area contributed by atoms with Gasteiger partial charge in [-0.15, -0.1) is 0 Å². The summed E-state index contributed by atoms with van der Waals surface area (Å²) in [5.41, 5.74) is -0.125. The number of benzene rings is 1. The Bertz CT molecular complexity index is 507. The fourth-order valence-electron chi connectivity index (χ4n) is 1.21. The molecule has 0 atom stereocenters. The molecule has 0 aliphatic carbocycles. The van der Waals surface area contributed by atoms with Gasteiger partial charge in [0.05, 0.1) is 17.9 Å². The Morgan fingerprint density at radius 3 is 2.59 bits per heavy atom. The Kier molecular flexibility index (Phi) is 4.47. The molecule has 7 heteroatoms. The van der Waals surface area contributed by atoms with Gasteiger partial charge in [-0.05, 0) is 12.1 Å². The average Bonchev–Trinajstić information content (AvgIpc) is 2.21. The van der Waals surface area contributed by atoms with Crippen molar-refractivity contribution in [2.45, 2.75) is 12.2 Å². The van der Waals surface area contributed by atoms with Crippen LogP contribution < -0.4 is 0 Å². The molecule has 0 spiro atoms. The molecule has 0 heterocycles. The first-order chi connectivity index (χ1) is 7.82. The van der Waals surface area contributed by atoms with Crippen molar-refractivity contribution in [3.8, 4) is 0 Å². The number of carboxylic acids is 1. The van der Waals surface area contributed by atoms with Gasteiger partial charge in [0.15, 0.2) is 9.84 Å². The van der Waals surface area contributed by atoms with Crippen LogP contribution in [0.4, 0.5) is 4.39 Å². The van der Waals surface area contributed by atoms with Gasteiger partial charge in [-0.25, -0.2) is 12.8 Å². The van der Waals surface area contributed by atoms with E-state index in [0.29, 0.717) is 0 Å². The van der Waals surface area contributed by atoms with Crippen LogP contribution in [0.2, 0.25) is 5.02 Å². The van der Waals surface area contributed by atoms with Gasteiger partial charge in [0.1, 0.15) is 5.82 Å². The second kappa shape index (κ2) is 5.46. The number of rotatable bonds is 5. The van der Waals surface area contributed by atoms with E-state index >= 15 is 0 Å². The SMILES string of the molecule is O=C(O)CCS(=O)(=O)Cc1c(F)cccc1Cl. The molecule has 0 aromatic heterocycles. The third-order valence-electron chi connectivity index (χ3n) is 2.05. The highest BCUT2D eigenvalue weighted by molar-refractivity contribution is 7.90. The van der Waals surface area contributed by atoms with Crippen LogP contribution in [0.15, 0.2) is 18.2 Å². The number of halogens is 2. The predicted octanol–water partition coefficient (Wildman–Crippen LogP) is 1.87. The number of carboxylic acid groups (broad SMARTS) is 1. The van der Waals surface area contributed by atoms with Crippen molar-refractivity contribution in [1.82, 2.24) is 0 Å². The molecule has 0 fully saturated rings. The Morgan fingerprint density at radius 2 is 2.06 bits per heavy atom. The summed E-state index contributed by atoms with van der Waals surface area (Å²) >= 11 is 5.68. The summed E-state index contributed by atoms with van der Waals surface area (Å²) in [4.78, 5) is 10.3. The van der Waals surface area contributed by atoms with Gasteiger partial charge in [-0.3, -0.25) is 4.79 Å². The quantitative estimate of drug-likeness (QED) is 0.894. The average molecular weight is 281 g/mol. The molecule has 0 bridgehead atoms. The van der Waals surface area contributed by atoms with Crippen LogP contribution in [-0.2, 0) is 20.4 Å². The molecule has 4 nitrogen and oxygen atoms in total. The second-order valence-corrected chi connectivity index (χ2v) is 6.03. The lowest BCUT2D eigenvalue weighted by atomic mass is 10.2. The van der Waals surface area contributed by atoms with Crippen LogP contribution >= 0.6 is 11.6 Å². The summed E-state index contributed by atoms with van der Waals surface area (Å²) in [5, 5.41) is 8.40. The highest BCUT2D eigenvalue weighted by Gasteiger charge is 2.18. The molecule has 0 aliphatic rings. The van der Waals surface area contributed by atoms with Gasteiger partial charge in [0.2, 0.25) is 0 Å². The van der Waals surface area contributed by atoms with E-state index in [0.717, 1.165) is 6.07 Å². The molecule has 0 aliphatic heterocycles. The van der Waals surface area contributed by atoms with Crippen molar-refractivity contribution in [3.05, 3.63) is 34.6 Å². The fourth-order valence-corrected chi connectivity index (χ4v) is 2.88. The van der Waals surface area contributed by atoms with Crippen LogP contribution in [0.3, 0.4) is 0 Å². The van der Waals surface area contributed by atoms with E-state index in [4.69, 9.17) is 16.7 Å². The van der Waals surface area contributed by atoms with Gasteiger partial charge in [-0.2, -0.15) is 0 Å². The monoisotopic (exact) mass is 280 g/mol. The van der Waals surface area contributed by atoms with E-state index in [1.165, 1.54) is 12.1 Å². The van der Waals surface area contributed by atoms with Gasteiger partial charge < -0.3 is 5.11 Å². The predicted molar refractivity (Wildman–Crippen MR) is 61.2 cm³/mol. The lowest BCUT2D eigenvalue weighted by molar-refractivity contribution is -0.136. The summed E-state index contributed by atoms with van der Waals surface area (Å²) in [7, 11) is -3.68. The topological polar surface area (TPSA) is 71.4 Å². The molecule has 1 N–H and O–H groups in total. The summed E-state index contributed by atoms with van der Waals surface area (Å²) in [6.45, 7) is 0. The summed E-state index contributed by atoms with van der Waals surface area (Å²) in [6, 6.07) is 3.85. The van der Waals surface area contributed by atoms with E-state index in [1.54, 1.807) is 0 Å². The molecule has 0 saturated heterocycles. The molecular weight excluding hydrogens is 271 g/mol. The Labute approximate surface area is 103 Å². The zero-order valence-corrected chi connectivity index (χ0v) is 10.3. The normalized spacial score (nSPS) is 11.4. The minimum atomic E-state index is -3.68. The van der Waals surface area contributed by atoms with Gasteiger partial charge >= 0.3 is 5.97 Å². The smallest absolute Gasteiger partial charge is 0.304 e. The number of carbonyl (C=O) groups is 1. The largest absolute Gasteiger partial charge is 0.481 e. The van der Waals surface area contributed by atoms with Crippen molar-refractivity contribution in [1.29, 1.82) is 0 Å². The van der Waals surface area contributed by atoms with Crippen molar-refractivity contribution in [3.63, 3.8) is 0 Å². The molecule has 0 radical (unpaired) electrons. The maximum Gasteiger partial charge on any atom is 0.304 e. The maximum atomic E-state index is 13.3. The van der Waals surface area contributed by atoms with Crippen LogP contribution in [0.5, 0.6) is 0 Å². The molecule has 1 aromatic rings. The van der Waals surface area contributed by atoms with Gasteiger partial charge in [-0.1, -0.05) is 17.7 Å². The summed E-state index contributed by atoms with van der Waals surface area (Å²) in [5.74, 6) is -3.05. The van der Waals surface area contributed by atoms with Crippen molar-refractivity contribution in [2.24, 2.45) is 0 Å². The third kappa shape index (κ3) is 4.32. The second-order valence-electron chi connectivity index (χ2n) is 3.44. The first kappa shape index (κ1) is 13.9. The Hall–Kier alpha value is -1.14. The molecule has 0 amide bonds. The molecular formula is C10H10ClFO4S. The molecule has 17 heavy (non-hydrogen) atoms. The molecule has 1 rings (SSSR count). The summed E-state index contributed by atoms with van der Waals surface area (Å²) < 4.78 is 36.4. The third-order valence-corrected chi connectivity index (χ3v) is 3.96. The van der Waals surface area contributed by atoms with E-state index in [1.807, 2.05) is 0 Å². The van der Waals surface area contributed by atoms with Crippen LogP contribution in [-0.4, -0.2) is 25.2 Å². The lowest BCUT2D eigenvalue weighted by Crippen LogP contribution is -2.14. The number of hydrogen-bond acceptors (Lipinski definition) is 3. The van der Waals surface area contributed by atoms with Crippen LogP contribution in [0.1, 0.15) is 12.0 Å². The van der Waals surface area contributed by atoms with Gasteiger partial charge in [0, 0.05) is 10.6 Å².